The van der Waals surface area contributed by atoms with Gasteiger partial charge >= 0.3 is 0 Å². The fraction of sp³-hybridized carbons (Fsp3) is 0.211. The van der Waals surface area contributed by atoms with Gasteiger partial charge in [0.1, 0.15) is 0 Å². The number of benzene rings is 1. The molecular weight excluding hydrogens is 332 g/mol. The molecule has 128 valence electrons. The zero-order valence-corrected chi connectivity index (χ0v) is 15.0. The third-order valence-electron chi connectivity index (χ3n) is 3.43. The SMILES string of the molecule is CC(C)Sc1ccccc1C(=O)Nc1ccn(Cc2ccccn2)n1. The summed E-state index contributed by atoms with van der Waals surface area (Å²) in [5.41, 5.74) is 1.59. The van der Waals surface area contributed by atoms with Gasteiger partial charge < -0.3 is 5.32 Å². The first-order chi connectivity index (χ1) is 12.1. The first-order valence-electron chi connectivity index (χ1n) is 8.12. The van der Waals surface area contributed by atoms with Crippen LogP contribution in [-0.2, 0) is 6.54 Å². The van der Waals surface area contributed by atoms with Crippen molar-refractivity contribution in [1.29, 1.82) is 0 Å². The van der Waals surface area contributed by atoms with Crippen LogP contribution in [0.4, 0.5) is 5.82 Å². The molecule has 0 saturated heterocycles. The summed E-state index contributed by atoms with van der Waals surface area (Å²) in [6.45, 7) is 4.79. The van der Waals surface area contributed by atoms with Gasteiger partial charge in [-0.25, -0.2) is 0 Å². The second-order valence-electron chi connectivity index (χ2n) is 5.84. The minimum Gasteiger partial charge on any atom is -0.305 e. The zero-order chi connectivity index (χ0) is 17.6. The van der Waals surface area contributed by atoms with Crippen molar-refractivity contribution >= 4 is 23.5 Å². The summed E-state index contributed by atoms with van der Waals surface area (Å²) in [5.74, 6) is 0.386. The topological polar surface area (TPSA) is 59.8 Å². The number of aromatic nitrogens is 3. The van der Waals surface area contributed by atoms with E-state index in [0.717, 1.165) is 10.6 Å². The van der Waals surface area contributed by atoms with Gasteiger partial charge in [0.25, 0.3) is 5.91 Å². The molecule has 0 aliphatic carbocycles. The quantitative estimate of drug-likeness (QED) is 0.679. The number of amides is 1. The van der Waals surface area contributed by atoms with E-state index < -0.39 is 0 Å². The number of anilines is 1. The summed E-state index contributed by atoms with van der Waals surface area (Å²) in [6, 6.07) is 15.2. The molecular formula is C19H20N4OS. The predicted octanol–water partition coefficient (Wildman–Crippen LogP) is 4.08. The number of thioether (sulfide) groups is 1. The number of nitrogens with zero attached hydrogens (tertiary/aromatic N) is 3. The molecule has 0 atom stereocenters. The van der Waals surface area contributed by atoms with E-state index in [1.807, 2.05) is 48.7 Å². The first-order valence-corrected chi connectivity index (χ1v) is 9.00. The van der Waals surface area contributed by atoms with Crippen LogP contribution in [0.25, 0.3) is 0 Å². The number of carbonyl (C=O) groups excluding carboxylic acids is 1. The van der Waals surface area contributed by atoms with Crippen LogP contribution in [0.3, 0.4) is 0 Å². The smallest absolute Gasteiger partial charge is 0.257 e. The van der Waals surface area contributed by atoms with Crippen molar-refractivity contribution in [3.8, 4) is 0 Å². The number of hydrogen-bond donors (Lipinski definition) is 1. The third-order valence-corrected chi connectivity index (χ3v) is 4.51. The van der Waals surface area contributed by atoms with Gasteiger partial charge in [-0.1, -0.05) is 32.0 Å². The highest BCUT2D eigenvalue weighted by molar-refractivity contribution is 8.00. The molecule has 0 radical (unpaired) electrons. The Morgan fingerprint density at radius 3 is 2.72 bits per heavy atom. The highest BCUT2D eigenvalue weighted by atomic mass is 32.2. The van der Waals surface area contributed by atoms with Gasteiger partial charge in [-0.15, -0.1) is 11.8 Å². The van der Waals surface area contributed by atoms with Crippen molar-refractivity contribution in [2.45, 2.75) is 30.5 Å². The van der Waals surface area contributed by atoms with Crippen LogP contribution in [-0.4, -0.2) is 25.9 Å². The maximum atomic E-state index is 12.6. The van der Waals surface area contributed by atoms with Crippen molar-refractivity contribution in [2.24, 2.45) is 0 Å². The zero-order valence-electron chi connectivity index (χ0n) is 14.2. The molecule has 1 N–H and O–H groups in total. The van der Waals surface area contributed by atoms with Crippen LogP contribution in [0.15, 0.2) is 65.8 Å². The molecule has 5 nitrogen and oxygen atoms in total. The van der Waals surface area contributed by atoms with E-state index in [9.17, 15) is 4.79 Å². The fourth-order valence-corrected chi connectivity index (χ4v) is 3.32. The summed E-state index contributed by atoms with van der Waals surface area (Å²) in [6.07, 6.45) is 3.59. The Morgan fingerprint density at radius 2 is 1.96 bits per heavy atom. The van der Waals surface area contributed by atoms with Crippen molar-refractivity contribution in [3.05, 3.63) is 72.2 Å². The molecule has 0 aliphatic heterocycles. The van der Waals surface area contributed by atoms with Crippen LogP contribution in [0, 0.1) is 0 Å². The average molecular weight is 352 g/mol. The van der Waals surface area contributed by atoms with E-state index in [2.05, 4.69) is 29.2 Å². The van der Waals surface area contributed by atoms with E-state index in [-0.39, 0.29) is 5.91 Å². The van der Waals surface area contributed by atoms with Crippen LogP contribution >= 0.6 is 11.8 Å². The van der Waals surface area contributed by atoms with Gasteiger partial charge in [0.15, 0.2) is 5.82 Å². The van der Waals surface area contributed by atoms with Crippen LogP contribution in [0.1, 0.15) is 29.9 Å². The monoisotopic (exact) mass is 352 g/mol. The van der Waals surface area contributed by atoms with Crippen LogP contribution in [0.2, 0.25) is 0 Å². The van der Waals surface area contributed by atoms with Crippen LogP contribution < -0.4 is 5.32 Å². The minimum absolute atomic E-state index is 0.146. The molecule has 3 rings (SSSR count). The molecule has 0 bridgehead atoms. The Balaban J connectivity index is 1.70. The number of carbonyl (C=O) groups is 1. The summed E-state index contributed by atoms with van der Waals surface area (Å²) in [5, 5.41) is 7.68. The molecule has 0 saturated carbocycles. The third kappa shape index (κ3) is 4.70. The fourth-order valence-electron chi connectivity index (χ4n) is 2.37. The van der Waals surface area contributed by atoms with E-state index >= 15 is 0 Å². The summed E-state index contributed by atoms with van der Waals surface area (Å²) in [4.78, 5) is 17.9. The Labute approximate surface area is 151 Å². The molecule has 0 unspecified atom stereocenters. The molecule has 3 aromatic rings. The largest absolute Gasteiger partial charge is 0.305 e. The molecule has 1 aromatic carbocycles. The van der Waals surface area contributed by atoms with E-state index in [4.69, 9.17) is 0 Å². The van der Waals surface area contributed by atoms with Crippen molar-refractivity contribution in [3.63, 3.8) is 0 Å². The molecule has 1 amide bonds. The molecule has 25 heavy (non-hydrogen) atoms. The summed E-state index contributed by atoms with van der Waals surface area (Å²) >= 11 is 1.68. The van der Waals surface area contributed by atoms with E-state index in [1.54, 1.807) is 28.7 Å². The second-order valence-corrected chi connectivity index (χ2v) is 7.45. The number of pyridine rings is 1. The molecule has 2 heterocycles. The van der Waals surface area contributed by atoms with Gasteiger partial charge in [-0.05, 0) is 24.3 Å². The maximum absolute atomic E-state index is 12.6. The van der Waals surface area contributed by atoms with Gasteiger partial charge in [0, 0.05) is 28.6 Å². The Kier molecular flexibility index (Phi) is 5.50. The standard InChI is InChI=1S/C19H20N4OS/c1-14(2)25-17-9-4-3-8-16(17)19(24)21-18-10-12-23(22-18)13-15-7-5-6-11-20-15/h3-12,14H,13H2,1-2H3,(H,21,22,24). The van der Waals surface area contributed by atoms with Gasteiger partial charge in [0.2, 0.25) is 0 Å². The second kappa shape index (κ2) is 7.98. The lowest BCUT2D eigenvalue weighted by atomic mass is 10.2. The maximum Gasteiger partial charge on any atom is 0.257 e. The Hall–Kier alpha value is -2.60. The lowest BCUT2D eigenvalue weighted by Crippen LogP contribution is -2.14. The number of nitrogens with one attached hydrogen (secondary N) is 1. The summed E-state index contributed by atoms with van der Waals surface area (Å²) < 4.78 is 1.76. The molecule has 6 heteroatoms. The normalized spacial score (nSPS) is 10.8. The Morgan fingerprint density at radius 1 is 1.16 bits per heavy atom. The molecule has 0 fully saturated rings. The first kappa shape index (κ1) is 17.2. The van der Waals surface area contributed by atoms with Gasteiger partial charge in [-0.2, -0.15) is 5.10 Å². The molecule has 0 spiro atoms. The lowest BCUT2D eigenvalue weighted by Gasteiger charge is -2.10. The Bertz CT molecular complexity index is 845. The minimum atomic E-state index is -0.146. The van der Waals surface area contributed by atoms with Crippen molar-refractivity contribution in [2.75, 3.05) is 5.32 Å². The highest BCUT2D eigenvalue weighted by Crippen LogP contribution is 2.27. The van der Waals surface area contributed by atoms with Crippen molar-refractivity contribution in [1.82, 2.24) is 14.8 Å². The van der Waals surface area contributed by atoms with E-state index in [0.29, 0.717) is 23.2 Å². The van der Waals surface area contributed by atoms with E-state index in [1.165, 1.54) is 0 Å². The van der Waals surface area contributed by atoms with Crippen LogP contribution in [0.5, 0.6) is 0 Å². The number of hydrogen-bond acceptors (Lipinski definition) is 4. The van der Waals surface area contributed by atoms with Crippen molar-refractivity contribution < 1.29 is 4.79 Å². The predicted molar refractivity (Wildman–Crippen MR) is 101 cm³/mol. The summed E-state index contributed by atoms with van der Waals surface area (Å²) in [7, 11) is 0. The lowest BCUT2D eigenvalue weighted by molar-refractivity contribution is 0.102. The number of rotatable bonds is 6. The molecule has 0 aliphatic rings. The highest BCUT2D eigenvalue weighted by Gasteiger charge is 2.13. The van der Waals surface area contributed by atoms with Gasteiger partial charge in [-0.3, -0.25) is 14.5 Å². The van der Waals surface area contributed by atoms with Gasteiger partial charge in [0.05, 0.1) is 17.8 Å². The average Bonchev–Trinajstić information content (AvgIpc) is 3.02. The molecule has 2 aromatic heterocycles.